The van der Waals surface area contributed by atoms with E-state index in [9.17, 15) is 24.3 Å². The predicted molar refractivity (Wildman–Crippen MR) is 151 cm³/mol. The van der Waals surface area contributed by atoms with Gasteiger partial charge in [0.1, 0.15) is 24.3 Å². The highest BCUT2D eigenvalue weighted by atomic mass is 79.9. The molecule has 4 N–H and O–H groups in total. The van der Waals surface area contributed by atoms with Gasteiger partial charge in [0.15, 0.2) is 0 Å². The summed E-state index contributed by atoms with van der Waals surface area (Å²) in [5, 5.41) is 16.0. The van der Waals surface area contributed by atoms with Crippen molar-refractivity contribution < 1.29 is 33.8 Å². The Labute approximate surface area is 241 Å². The Bertz CT molecular complexity index is 1220. The normalized spacial score (nSPS) is 16.8. The van der Waals surface area contributed by atoms with Gasteiger partial charge in [-0.25, -0.2) is 15.0 Å². The van der Waals surface area contributed by atoms with Crippen molar-refractivity contribution in [3.63, 3.8) is 0 Å². The van der Waals surface area contributed by atoms with Crippen LogP contribution in [0.5, 0.6) is 0 Å². The van der Waals surface area contributed by atoms with Crippen LogP contribution in [-0.2, 0) is 25.7 Å². The molecule has 2 aromatic rings. The van der Waals surface area contributed by atoms with Crippen molar-refractivity contribution in [1.29, 1.82) is 0 Å². The number of carboxylic acid groups (broad SMARTS) is 1. The summed E-state index contributed by atoms with van der Waals surface area (Å²) in [7, 11) is 0. The number of hydrogen-bond acceptors (Lipinski definition) is 7. The van der Waals surface area contributed by atoms with Crippen molar-refractivity contribution in [2.75, 3.05) is 11.9 Å². The maximum Gasteiger partial charge on any atom is 0.411 e. The van der Waals surface area contributed by atoms with Crippen LogP contribution >= 0.6 is 15.9 Å². The molecular formula is C28H35BrN4O7. The number of ether oxygens (including phenoxy) is 2. The number of aliphatic carboxylic acids is 1. The quantitative estimate of drug-likeness (QED) is 0.331. The Morgan fingerprint density at radius 1 is 1.12 bits per heavy atom. The largest absolute Gasteiger partial charge is 0.480 e. The molecule has 1 saturated heterocycles. The van der Waals surface area contributed by atoms with Crippen molar-refractivity contribution >= 4 is 45.7 Å². The van der Waals surface area contributed by atoms with Gasteiger partial charge in [0, 0.05) is 16.9 Å². The van der Waals surface area contributed by atoms with Gasteiger partial charge in [-0.15, -0.1) is 0 Å². The molecule has 0 radical (unpaired) electrons. The lowest BCUT2D eigenvalue weighted by Crippen LogP contribution is -2.60. The van der Waals surface area contributed by atoms with Gasteiger partial charge in [0.2, 0.25) is 0 Å². The fraction of sp³-hybridized carbons (Fsp3) is 0.429. The molecule has 216 valence electrons. The summed E-state index contributed by atoms with van der Waals surface area (Å²) >= 11 is 3.46. The minimum atomic E-state index is -1.07. The molecule has 0 spiro atoms. The molecular weight excluding hydrogens is 584 g/mol. The second-order valence-electron chi connectivity index (χ2n) is 10.5. The van der Waals surface area contributed by atoms with Gasteiger partial charge in [-0.2, -0.15) is 0 Å². The molecule has 0 aromatic heterocycles. The Morgan fingerprint density at radius 3 is 2.45 bits per heavy atom. The lowest BCUT2D eigenvalue weighted by molar-refractivity contribution is -0.148. The van der Waals surface area contributed by atoms with Crippen molar-refractivity contribution in [3.8, 4) is 0 Å². The first-order chi connectivity index (χ1) is 18.8. The Balaban J connectivity index is 1.76. The molecule has 0 saturated carbocycles. The topological polar surface area (TPSA) is 146 Å². The first-order valence-electron chi connectivity index (χ1n) is 12.9. The van der Waals surface area contributed by atoms with Crippen molar-refractivity contribution in [3.05, 3.63) is 64.1 Å². The van der Waals surface area contributed by atoms with E-state index in [1.54, 1.807) is 45.9 Å². The van der Waals surface area contributed by atoms with E-state index >= 15 is 0 Å². The summed E-state index contributed by atoms with van der Waals surface area (Å²) in [6, 6.07) is 12.4. The first-order valence-corrected chi connectivity index (χ1v) is 13.7. The summed E-state index contributed by atoms with van der Waals surface area (Å²) in [5.41, 5.74) is 3.95. The van der Waals surface area contributed by atoms with Crippen molar-refractivity contribution in [2.45, 2.75) is 70.7 Å². The van der Waals surface area contributed by atoms with Crippen LogP contribution in [0.15, 0.2) is 53.0 Å². The van der Waals surface area contributed by atoms with E-state index < -0.39 is 47.7 Å². The maximum atomic E-state index is 13.6. The average Bonchev–Trinajstić information content (AvgIpc) is 2.90. The van der Waals surface area contributed by atoms with Crippen LogP contribution in [0.4, 0.5) is 15.3 Å². The minimum absolute atomic E-state index is 0.118. The summed E-state index contributed by atoms with van der Waals surface area (Å²) < 4.78 is 11.2. The molecule has 12 heteroatoms. The van der Waals surface area contributed by atoms with Crippen LogP contribution < -0.4 is 16.1 Å². The molecule has 3 amide bonds. The van der Waals surface area contributed by atoms with Crippen LogP contribution in [0.1, 0.15) is 57.6 Å². The van der Waals surface area contributed by atoms with E-state index in [0.717, 1.165) is 5.56 Å². The van der Waals surface area contributed by atoms with Gasteiger partial charge >= 0.3 is 18.2 Å². The molecule has 0 bridgehead atoms. The standard InChI is InChI=1S/C28H35BrN4O7/c1-17(19-12-13-21(20(29)15-19)30-26(37)39-16-18-9-6-5-7-10-18)23(31-27(38)40-28(2,3)4)24(34)33-14-8-11-22(32-33)25(35)36/h5-7,9-10,12-13,15,17,22-23,32H,8,11,14,16H2,1-4H3,(H,30,37)(H,31,38)(H,35,36). The van der Waals surface area contributed by atoms with Crippen LogP contribution in [-0.4, -0.2) is 58.4 Å². The SMILES string of the molecule is CC(c1ccc(NC(=O)OCc2ccccc2)c(Br)c1)C(NC(=O)OC(C)(C)C)C(=O)N1CCCC(C(=O)O)N1. The van der Waals surface area contributed by atoms with Gasteiger partial charge in [0.25, 0.3) is 5.91 Å². The molecule has 11 nitrogen and oxygen atoms in total. The number of hydrogen-bond donors (Lipinski definition) is 4. The molecule has 3 rings (SSSR count). The minimum Gasteiger partial charge on any atom is -0.480 e. The average molecular weight is 620 g/mol. The summed E-state index contributed by atoms with van der Waals surface area (Å²) in [5.74, 6) is -2.11. The summed E-state index contributed by atoms with van der Waals surface area (Å²) in [4.78, 5) is 50.1. The number of carbonyl (C=O) groups is 4. The van der Waals surface area contributed by atoms with Crippen molar-refractivity contribution in [2.24, 2.45) is 0 Å². The van der Waals surface area contributed by atoms with E-state index in [0.29, 0.717) is 35.1 Å². The van der Waals surface area contributed by atoms with Crippen LogP contribution in [0.3, 0.4) is 0 Å². The maximum absolute atomic E-state index is 13.6. The van der Waals surface area contributed by atoms with E-state index in [4.69, 9.17) is 9.47 Å². The predicted octanol–water partition coefficient (Wildman–Crippen LogP) is 4.77. The summed E-state index contributed by atoms with van der Waals surface area (Å²) in [6.07, 6.45) is -0.527. The van der Waals surface area contributed by atoms with E-state index in [-0.39, 0.29) is 6.61 Å². The van der Waals surface area contributed by atoms with E-state index in [2.05, 4.69) is 32.0 Å². The van der Waals surface area contributed by atoms with Gasteiger partial charge in [-0.3, -0.25) is 19.9 Å². The van der Waals surface area contributed by atoms with Gasteiger partial charge in [-0.05, 0) is 72.8 Å². The molecule has 0 aliphatic carbocycles. The number of benzene rings is 2. The highest BCUT2D eigenvalue weighted by Crippen LogP contribution is 2.30. The molecule has 1 heterocycles. The lowest BCUT2D eigenvalue weighted by atomic mass is 9.92. The fourth-order valence-corrected chi connectivity index (χ4v) is 4.60. The fourth-order valence-electron chi connectivity index (χ4n) is 4.10. The van der Waals surface area contributed by atoms with Crippen LogP contribution in [0, 0.1) is 0 Å². The van der Waals surface area contributed by atoms with Gasteiger partial charge in [0.05, 0.1) is 5.69 Å². The highest BCUT2D eigenvalue weighted by Gasteiger charge is 2.36. The number of hydrazine groups is 1. The molecule has 2 aromatic carbocycles. The number of carbonyl (C=O) groups excluding carboxylic acids is 3. The number of anilines is 1. The smallest absolute Gasteiger partial charge is 0.411 e. The number of rotatable bonds is 8. The number of nitrogens with zero attached hydrogens (tertiary/aromatic N) is 1. The Morgan fingerprint density at radius 2 is 1.82 bits per heavy atom. The zero-order chi connectivity index (χ0) is 29.4. The first kappa shape index (κ1) is 30.9. The zero-order valence-electron chi connectivity index (χ0n) is 22.9. The number of nitrogens with one attached hydrogen (secondary N) is 3. The molecule has 1 aliphatic rings. The third-order valence-electron chi connectivity index (χ3n) is 6.16. The van der Waals surface area contributed by atoms with E-state index in [1.807, 2.05) is 30.3 Å². The van der Waals surface area contributed by atoms with Crippen molar-refractivity contribution in [1.82, 2.24) is 15.8 Å². The number of halogens is 1. The van der Waals surface area contributed by atoms with Gasteiger partial charge in [-0.1, -0.05) is 43.3 Å². The highest BCUT2D eigenvalue weighted by molar-refractivity contribution is 9.10. The Hall–Kier alpha value is -3.64. The van der Waals surface area contributed by atoms with Gasteiger partial charge < -0.3 is 19.9 Å². The lowest BCUT2D eigenvalue weighted by Gasteiger charge is -2.36. The summed E-state index contributed by atoms with van der Waals surface area (Å²) in [6.45, 7) is 7.31. The molecule has 1 fully saturated rings. The second-order valence-corrected chi connectivity index (χ2v) is 11.3. The van der Waals surface area contributed by atoms with E-state index in [1.165, 1.54) is 5.01 Å². The second kappa shape index (κ2) is 13.6. The number of amides is 3. The third-order valence-corrected chi connectivity index (χ3v) is 6.81. The monoisotopic (exact) mass is 618 g/mol. The molecule has 40 heavy (non-hydrogen) atoms. The Kier molecular flexibility index (Phi) is 10.5. The molecule has 3 unspecified atom stereocenters. The zero-order valence-corrected chi connectivity index (χ0v) is 24.5. The number of carboxylic acids is 1. The molecule has 3 atom stereocenters. The molecule has 1 aliphatic heterocycles. The third kappa shape index (κ3) is 8.95. The van der Waals surface area contributed by atoms with Crippen LogP contribution in [0.25, 0.3) is 0 Å². The van der Waals surface area contributed by atoms with Crippen LogP contribution in [0.2, 0.25) is 0 Å². The number of alkyl carbamates (subject to hydrolysis) is 1.